The van der Waals surface area contributed by atoms with Crippen molar-refractivity contribution < 1.29 is 0 Å². The van der Waals surface area contributed by atoms with Gasteiger partial charge in [0.15, 0.2) is 0 Å². The summed E-state index contributed by atoms with van der Waals surface area (Å²) in [4.78, 5) is 0. The minimum Gasteiger partial charge on any atom is -0.0622 e. The third-order valence-electron chi connectivity index (χ3n) is 5.96. The molecule has 0 fully saturated rings. The Morgan fingerprint density at radius 2 is 1.11 bits per heavy atom. The Balaban J connectivity index is 1.69. The molecule has 0 saturated heterocycles. The van der Waals surface area contributed by atoms with Gasteiger partial charge in [-0.3, -0.25) is 0 Å². The predicted molar refractivity (Wildman–Crippen MR) is 123 cm³/mol. The third kappa shape index (κ3) is 2.65. The first-order valence-corrected chi connectivity index (χ1v) is 10.4. The molecule has 0 unspecified atom stereocenters. The van der Waals surface area contributed by atoms with Crippen LogP contribution in [0.1, 0.15) is 25.0 Å². The summed E-state index contributed by atoms with van der Waals surface area (Å²) in [6.45, 7) is 4.66. The molecule has 5 rings (SSSR count). The van der Waals surface area contributed by atoms with Crippen molar-refractivity contribution in [2.75, 3.05) is 0 Å². The lowest BCUT2D eigenvalue weighted by Crippen LogP contribution is -2.15. The van der Waals surface area contributed by atoms with Gasteiger partial charge in [-0.25, -0.2) is 0 Å². The van der Waals surface area contributed by atoms with Crippen LogP contribution in [0.4, 0.5) is 0 Å². The van der Waals surface area contributed by atoms with Crippen molar-refractivity contribution in [3.05, 3.63) is 107 Å². The molecule has 0 saturated carbocycles. The van der Waals surface area contributed by atoms with Crippen molar-refractivity contribution in [1.29, 1.82) is 0 Å². The largest absolute Gasteiger partial charge is 0.0622 e. The second-order valence-corrected chi connectivity index (χ2v) is 8.90. The molecule has 0 bridgehead atoms. The Morgan fingerprint density at radius 3 is 1.82 bits per heavy atom. The highest BCUT2D eigenvalue weighted by Gasteiger charge is 2.35. The lowest BCUT2D eigenvalue weighted by atomic mass is 9.81. The van der Waals surface area contributed by atoms with E-state index in [-0.39, 0.29) is 5.41 Å². The van der Waals surface area contributed by atoms with Crippen LogP contribution in [-0.2, 0) is 5.41 Å². The van der Waals surface area contributed by atoms with Crippen molar-refractivity contribution in [2.24, 2.45) is 0 Å². The number of hydrogen-bond acceptors (Lipinski definition) is 0. The van der Waals surface area contributed by atoms with Gasteiger partial charge in [-0.1, -0.05) is 103 Å². The van der Waals surface area contributed by atoms with Crippen molar-refractivity contribution in [1.82, 2.24) is 0 Å². The second-order valence-electron chi connectivity index (χ2n) is 7.99. The number of fused-ring (bicyclic) bond motifs is 3. The van der Waals surface area contributed by atoms with Crippen LogP contribution in [0.5, 0.6) is 0 Å². The van der Waals surface area contributed by atoms with Gasteiger partial charge in [-0.2, -0.15) is 0 Å². The number of benzene rings is 4. The molecule has 136 valence electrons. The summed E-state index contributed by atoms with van der Waals surface area (Å²) in [6, 6.07) is 33.0. The minimum atomic E-state index is -0.00779. The Hall–Kier alpha value is -2.64. The molecular weight excluding hydrogens is 404 g/mol. The molecule has 0 N–H and O–H groups in total. The van der Waals surface area contributed by atoms with E-state index in [0.717, 1.165) is 4.47 Å². The molecule has 0 aromatic heterocycles. The van der Waals surface area contributed by atoms with Crippen LogP contribution >= 0.6 is 15.9 Å². The van der Waals surface area contributed by atoms with Crippen molar-refractivity contribution in [3.8, 4) is 33.4 Å². The van der Waals surface area contributed by atoms with Gasteiger partial charge in [0.2, 0.25) is 0 Å². The first-order valence-electron chi connectivity index (χ1n) is 9.65. The zero-order chi connectivity index (χ0) is 19.3. The predicted octanol–water partition coefficient (Wildman–Crippen LogP) is 8.09. The van der Waals surface area contributed by atoms with Crippen molar-refractivity contribution in [3.63, 3.8) is 0 Å². The van der Waals surface area contributed by atoms with E-state index in [1.165, 1.54) is 44.5 Å². The molecule has 0 atom stereocenters. The Bertz CT molecular complexity index is 1190. The van der Waals surface area contributed by atoms with Crippen LogP contribution in [-0.4, -0.2) is 0 Å². The summed E-state index contributed by atoms with van der Waals surface area (Å²) in [5, 5.41) is 0. The van der Waals surface area contributed by atoms with Crippen LogP contribution in [0.3, 0.4) is 0 Å². The summed E-state index contributed by atoms with van der Waals surface area (Å²) in [5.41, 5.74) is 10.6. The van der Waals surface area contributed by atoms with Gasteiger partial charge in [0.05, 0.1) is 0 Å². The molecule has 0 spiro atoms. The van der Waals surface area contributed by atoms with Gasteiger partial charge in [0.1, 0.15) is 0 Å². The Morgan fingerprint density at radius 1 is 0.536 bits per heavy atom. The average molecular weight is 425 g/mol. The van der Waals surface area contributed by atoms with E-state index in [1.54, 1.807) is 0 Å². The van der Waals surface area contributed by atoms with Crippen LogP contribution in [0, 0.1) is 0 Å². The van der Waals surface area contributed by atoms with Gasteiger partial charge < -0.3 is 0 Å². The fraction of sp³-hybridized carbons (Fsp3) is 0.111. The normalized spacial score (nSPS) is 13.8. The van der Waals surface area contributed by atoms with Gasteiger partial charge >= 0.3 is 0 Å². The average Bonchev–Trinajstić information content (AvgIpc) is 2.95. The summed E-state index contributed by atoms with van der Waals surface area (Å²) >= 11 is 3.65. The van der Waals surface area contributed by atoms with Gasteiger partial charge in [0.25, 0.3) is 0 Å². The Kier molecular flexibility index (Phi) is 4.03. The molecule has 4 aromatic carbocycles. The first kappa shape index (κ1) is 17.5. The van der Waals surface area contributed by atoms with E-state index in [1.807, 2.05) is 0 Å². The molecule has 1 heteroatoms. The quantitative estimate of drug-likeness (QED) is 0.304. The maximum atomic E-state index is 3.65. The van der Waals surface area contributed by atoms with E-state index in [0.29, 0.717) is 0 Å². The smallest absolute Gasteiger partial charge is 0.0178 e. The SMILES string of the molecule is CC1(C)c2cc(Br)ccc2-c2ccc(-c3ccccc3-c3ccccc3)cc21. The fourth-order valence-corrected chi connectivity index (χ4v) is 4.84. The van der Waals surface area contributed by atoms with Crippen LogP contribution in [0.15, 0.2) is 95.5 Å². The highest BCUT2D eigenvalue weighted by molar-refractivity contribution is 9.10. The van der Waals surface area contributed by atoms with Crippen LogP contribution in [0.25, 0.3) is 33.4 Å². The van der Waals surface area contributed by atoms with Crippen LogP contribution in [0.2, 0.25) is 0 Å². The maximum Gasteiger partial charge on any atom is 0.0178 e. The molecule has 0 amide bonds. The molecule has 0 heterocycles. The third-order valence-corrected chi connectivity index (χ3v) is 6.45. The topological polar surface area (TPSA) is 0 Å². The lowest BCUT2D eigenvalue weighted by molar-refractivity contribution is 0.660. The van der Waals surface area contributed by atoms with E-state index in [4.69, 9.17) is 0 Å². The Labute approximate surface area is 175 Å². The van der Waals surface area contributed by atoms with E-state index >= 15 is 0 Å². The standard InChI is InChI=1S/C27H21Br/c1-27(2)25-16-19(12-14-23(25)24-15-13-20(28)17-26(24)27)22-11-7-6-10-21(22)18-8-4-3-5-9-18/h3-17H,1-2H3. The molecule has 4 aromatic rings. The molecular formula is C27H21Br. The van der Waals surface area contributed by atoms with E-state index in [2.05, 4.69) is 121 Å². The molecule has 0 radical (unpaired) electrons. The van der Waals surface area contributed by atoms with E-state index < -0.39 is 0 Å². The monoisotopic (exact) mass is 424 g/mol. The molecule has 1 aliphatic rings. The zero-order valence-corrected chi connectivity index (χ0v) is 17.6. The van der Waals surface area contributed by atoms with Crippen molar-refractivity contribution in [2.45, 2.75) is 19.3 Å². The van der Waals surface area contributed by atoms with Gasteiger partial charge in [-0.05, 0) is 62.7 Å². The molecule has 0 aliphatic heterocycles. The fourth-order valence-electron chi connectivity index (χ4n) is 4.48. The van der Waals surface area contributed by atoms with Crippen molar-refractivity contribution >= 4 is 15.9 Å². The molecule has 1 aliphatic carbocycles. The highest BCUT2D eigenvalue weighted by Crippen LogP contribution is 2.50. The minimum absolute atomic E-state index is 0.00779. The second kappa shape index (κ2) is 6.46. The number of hydrogen-bond donors (Lipinski definition) is 0. The molecule has 0 nitrogen and oxygen atoms in total. The number of halogens is 1. The summed E-state index contributed by atoms with van der Waals surface area (Å²) in [7, 11) is 0. The summed E-state index contributed by atoms with van der Waals surface area (Å²) in [6.07, 6.45) is 0. The maximum absolute atomic E-state index is 3.65. The summed E-state index contributed by atoms with van der Waals surface area (Å²) < 4.78 is 1.14. The van der Waals surface area contributed by atoms with Crippen LogP contribution < -0.4 is 0 Å². The van der Waals surface area contributed by atoms with E-state index in [9.17, 15) is 0 Å². The summed E-state index contributed by atoms with van der Waals surface area (Å²) in [5.74, 6) is 0. The highest BCUT2D eigenvalue weighted by atomic mass is 79.9. The first-order chi connectivity index (χ1) is 13.6. The zero-order valence-electron chi connectivity index (χ0n) is 16.0. The number of rotatable bonds is 2. The molecule has 28 heavy (non-hydrogen) atoms. The lowest BCUT2D eigenvalue weighted by Gasteiger charge is -2.22. The van der Waals surface area contributed by atoms with Gasteiger partial charge in [0, 0.05) is 9.89 Å². The van der Waals surface area contributed by atoms with Gasteiger partial charge in [-0.15, -0.1) is 0 Å².